The van der Waals surface area contributed by atoms with Gasteiger partial charge in [-0.25, -0.2) is 0 Å². The topological polar surface area (TPSA) is 12.0 Å². The second-order valence-electron chi connectivity index (χ2n) is 4.73. The average Bonchev–Trinajstić information content (AvgIpc) is 2.71. The molecule has 1 N–H and O–H groups in total. The normalized spacial score (nSPS) is 19.3. The lowest BCUT2D eigenvalue weighted by Crippen LogP contribution is -2.29. The second kappa shape index (κ2) is 4.80. The highest BCUT2D eigenvalue weighted by Crippen LogP contribution is 2.23. The molecule has 1 nitrogen and oxygen atoms in total. The van der Waals surface area contributed by atoms with Gasteiger partial charge >= 0.3 is 0 Å². The van der Waals surface area contributed by atoms with Crippen LogP contribution in [0.2, 0.25) is 0 Å². The van der Waals surface area contributed by atoms with E-state index < -0.39 is 0 Å². The summed E-state index contributed by atoms with van der Waals surface area (Å²) in [6, 6.07) is 9.93. The average molecular weight is 203 g/mol. The predicted octanol–water partition coefficient (Wildman–Crippen LogP) is 3.59. The highest BCUT2D eigenvalue weighted by atomic mass is 14.9. The standard InChI is InChI=1S/C14H21N/c1-11-7-3-6-10-14(11)12(2)15-13-8-4-5-9-13/h3,6-7,10,12-13,15H,4-5,8-9H2,1-2H3/t12-/m1/s1. The summed E-state index contributed by atoms with van der Waals surface area (Å²) in [6.45, 7) is 4.48. The van der Waals surface area contributed by atoms with Crippen molar-refractivity contribution in [2.24, 2.45) is 0 Å². The molecule has 1 fully saturated rings. The van der Waals surface area contributed by atoms with Crippen molar-refractivity contribution in [1.82, 2.24) is 5.32 Å². The van der Waals surface area contributed by atoms with Gasteiger partial charge in [-0.1, -0.05) is 37.1 Å². The highest BCUT2D eigenvalue weighted by Gasteiger charge is 2.17. The number of rotatable bonds is 3. The molecule has 0 unspecified atom stereocenters. The first-order valence-electron chi connectivity index (χ1n) is 6.09. The van der Waals surface area contributed by atoms with Crippen molar-refractivity contribution in [3.8, 4) is 0 Å². The van der Waals surface area contributed by atoms with Crippen LogP contribution in [-0.2, 0) is 0 Å². The van der Waals surface area contributed by atoms with Crippen molar-refractivity contribution in [2.75, 3.05) is 0 Å². The van der Waals surface area contributed by atoms with Gasteiger partial charge in [0.15, 0.2) is 0 Å². The second-order valence-corrected chi connectivity index (χ2v) is 4.73. The summed E-state index contributed by atoms with van der Waals surface area (Å²) in [4.78, 5) is 0. The minimum absolute atomic E-state index is 0.495. The third kappa shape index (κ3) is 2.60. The Morgan fingerprint density at radius 2 is 1.87 bits per heavy atom. The van der Waals surface area contributed by atoms with Crippen LogP contribution in [0.5, 0.6) is 0 Å². The maximum Gasteiger partial charge on any atom is 0.0296 e. The zero-order valence-corrected chi connectivity index (χ0v) is 9.79. The smallest absolute Gasteiger partial charge is 0.0296 e. The number of hydrogen-bond donors (Lipinski definition) is 1. The minimum Gasteiger partial charge on any atom is -0.307 e. The molecule has 1 atom stereocenters. The first-order chi connectivity index (χ1) is 7.27. The van der Waals surface area contributed by atoms with Crippen LogP contribution in [-0.4, -0.2) is 6.04 Å². The third-order valence-corrected chi connectivity index (χ3v) is 3.50. The largest absolute Gasteiger partial charge is 0.307 e. The molecule has 0 bridgehead atoms. The van der Waals surface area contributed by atoms with Crippen LogP contribution in [0.1, 0.15) is 49.8 Å². The van der Waals surface area contributed by atoms with Crippen LogP contribution in [0, 0.1) is 6.92 Å². The quantitative estimate of drug-likeness (QED) is 0.791. The van der Waals surface area contributed by atoms with Crippen LogP contribution < -0.4 is 5.32 Å². The van der Waals surface area contributed by atoms with Gasteiger partial charge in [0, 0.05) is 12.1 Å². The fourth-order valence-corrected chi connectivity index (χ4v) is 2.61. The monoisotopic (exact) mass is 203 g/mol. The van der Waals surface area contributed by atoms with E-state index >= 15 is 0 Å². The summed E-state index contributed by atoms with van der Waals surface area (Å²) in [5.74, 6) is 0. The minimum atomic E-state index is 0.495. The van der Waals surface area contributed by atoms with Gasteiger partial charge in [-0.3, -0.25) is 0 Å². The molecular formula is C14H21N. The first kappa shape index (κ1) is 10.7. The van der Waals surface area contributed by atoms with Crippen LogP contribution in [0.3, 0.4) is 0 Å². The van der Waals surface area contributed by atoms with E-state index in [9.17, 15) is 0 Å². The summed E-state index contributed by atoms with van der Waals surface area (Å²) in [7, 11) is 0. The van der Waals surface area contributed by atoms with E-state index in [0.29, 0.717) is 6.04 Å². The Labute approximate surface area is 92.9 Å². The van der Waals surface area contributed by atoms with E-state index in [0.717, 1.165) is 6.04 Å². The van der Waals surface area contributed by atoms with Crippen molar-refractivity contribution in [3.63, 3.8) is 0 Å². The Hall–Kier alpha value is -0.820. The Morgan fingerprint density at radius 1 is 1.20 bits per heavy atom. The van der Waals surface area contributed by atoms with E-state index in [2.05, 4.69) is 43.4 Å². The van der Waals surface area contributed by atoms with Gasteiger partial charge in [0.25, 0.3) is 0 Å². The zero-order chi connectivity index (χ0) is 10.7. The molecule has 0 amide bonds. The summed E-state index contributed by atoms with van der Waals surface area (Å²) in [5, 5.41) is 3.74. The van der Waals surface area contributed by atoms with Gasteiger partial charge in [-0.2, -0.15) is 0 Å². The molecule has 0 heterocycles. The molecule has 1 saturated carbocycles. The highest BCUT2D eigenvalue weighted by molar-refractivity contribution is 5.28. The lowest BCUT2D eigenvalue weighted by molar-refractivity contribution is 0.460. The van der Waals surface area contributed by atoms with Crippen LogP contribution in [0.25, 0.3) is 0 Å². The molecular weight excluding hydrogens is 182 g/mol. The van der Waals surface area contributed by atoms with Crippen molar-refractivity contribution in [1.29, 1.82) is 0 Å². The van der Waals surface area contributed by atoms with Gasteiger partial charge in [0.2, 0.25) is 0 Å². The molecule has 1 aliphatic carbocycles. The van der Waals surface area contributed by atoms with Crippen molar-refractivity contribution < 1.29 is 0 Å². The Morgan fingerprint density at radius 3 is 2.53 bits per heavy atom. The van der Waals surface area contributed by atoms with E-state index in [4.69, 9.17) is 0 Å². The SMILES string of the molecule is Cc1ccccc1[C@@H](C)NC1CCCC1. The van der Waals surface area contributed by atoms with Gasteiger partial charge < -0.3 is 5.32 Å². The number of benzene rings is 1. The molecule has 0 saturated heterocycles. The van der Waals surface area contributed by atoms with E-state index in [1.54, 1.807) is 0 Å². The molecule has 0 aromatic heterocycles. The molecule has 1 heteroatoms. The summed E-state index contributed by atoms with van der Waals surface area (Å²) in [6.07, 6.45) is 5.52. The first-order valence-corrected chi connectivity index (χ1v) is 6.09. The maximum atomic E-state index is 3.74. The van der Waals surface area contributed by atoms with Crippen LogP contribution in [0.4, 0.5) is 0 Å². The molecule has 0 spiro atoms. The van der Waals surface area contributed by atoms with Gasteiger partial charge in [0.05, 0.1) is 0 Å². The summed E-state index contributed by atoms with van der Waals surface area (Å²) >= 11 is 0. The molecule has 0 radical (unpaired) electrons. The summed E-state index contributed by atoms with van der Waals surface area (Å²) < 4.78 is 0. The van der Waals surface area contributed by atoms with Crippen LogP contribution >= 0.6 is 0 Å². The third-order valence-electron chi connectivity index (χ3n) is 3.50. The molecule has 15 heavy (non-hydrogen) atoms. The van der Waals surface area contributed by atoms with Gasteiger partial charge in [0.1, 0.15) is 0 Å². The van der Waals surface area contributed by atoms with Crippen LogP contribution in [0.15, 0.2) is 24.3 Å². The molecule has 2 rings (SSSR count). The Kier molecular flexibility index (Phi) is 3.42. The molecule has 82 valence electrons. The molecule has 1 aromatic carbocycles. The number of hydrogen-bond acceptors (Lipinski definition) is 1. The fourth-order valence-electron chi connectivity index (χ4n) is 2.61. The number of nitrogens with one attached hydrogen (secondary N) is 1. The maximum absolute atomic E-state index is 3.74. The Bertz CT molecular complexity index is 313. The van der Waals surface area contributed by atoms with Gasteiger partial charge in [-0.15, -0.1) is 0 Å². The zero-order valence-electron chi connectivity index (χ0n) is 9.79. The van der Waals surface area contributed by atoms with E-state index in [1.807, 2.05) is 0 Å². The molecule has 1 aromatic rings. The predicted molar refractivity (Wildman–Crippen MR) is 65.0 cm³/mol. The van der Waals surface area contributed by atoms with Gasteiger partial charge in [-0.05, 0) is 37.8 Å². The number of aryl methyl sites for hydroxylation is 1. The van der Waals surface area contributed by atoms with E-state index in [1.165, 1.54) is 36.8 Å². The molecule has 0 aliphatic heterocycles. The summed E-state index contributed by atoms with van der Waals surface area (Å²) in [5.41, 5.74) is 2.85. The van der Waals surface area contributed by atoms with Crippen molar-refractivity contribution in [2.45, 2.75) is 51.6 Å². The lowest BCUT2D eigenvalue weighted by atomic mass is 10.0. The fraction of sp³-hybridized carbons (Fsp3) is 0.571. The molecule has 1 aliphatic rings. The van der Waals surface area contributed by atoms with E-state index in [-0.39, 0.29) is 0 Å². The van der Waals surface area contributed by atoms with Crippen molar-refractivity contribution >= 4 is 0 Å². The van der Waals surface area contributed by atoms with Crippen molar-refractivity contribution in [3.05, 3.63) is 35.4 Å². The lowest BCUT2D eigenvalue weighted by Gasteiger charge is -2.21. The Balaban J connectivity index is 2.00.